The molecule has 1 aliphatic heterocycles. The van der Waals surface area contributed by atoms with E-state index in [0.29, 0.717) is 6.54 Å². The van der Waals surface area contributed by atoms with E-state index < -0.39 is 6.10 Å². The lowest BCUT2D eigenvalue weighted by atomic mass is 10.1. The number of fused-ring (bicyclic) bond motifs is 1. The zero-order chi connectivity index (χ0) is 20.2. The number of rotatable bonds is 5. The van der Waals surface area contributed by atoms with E-state index in [1.165, 1.54) is 4.90 Å². The zero-order valence-electron chi connectivity index (χ0n) is 16.3. The SMILES string of the molecule is O=C1CN(C(=O)Cc2c[nH]c3ccccc23)CC(O)CN1CCc1ccccc1. The minimum atomic E-state index is -0.746. The van der Waals surface area contributed by atoms with Gasteiger partial charge in [0.2, 0.25) is 11.8 Å². The fourth-order valence-corrected chi connectivity index (χ4v) is 3.86. The maximum Gasteiger partial charge on any atom is 0.242 e. The number of β-amino-alcohol motifs (C(OH)–C–C–N with tert-alkyl or cyclic N) is 1. The molecule has 1 aromatic heterocycles. The van der Waals surface area contributed by atoms with E-state index in [-0.39, 0.29) is 37.9 Å². The molecular formula is C23H25N3O3. The minimum Gasteiger partial charge on any atom is -0.389 e. The summed E-state index contributed by atoms with van der Waals surface area (Å²) < 4.78 is 0. The molecule has 2 N–H and O–H groups in total. The van der Waals surface area contributed by atoms with Gasteiger partial charge in [-0.25, -0.2) is 0 Å². The van der Waals surface area contributed by atoms with E-state index in [4.69, 9.17) is 0 Å². The van der Waals surface area contributed by atoms with Gasteiger partial charge in [0.1, 0.15) is 0 Å². The molecule has 6 heteroatoms. The first-order valence-electron chi connectivity index (χ1n) is 9.92. The van der Waals surface area contributed by atoms with Crippen LogP contribution in [0.5, 0.6) is 0 Å². The highest BCUT2D eigenvalue weighted by atomic mass is 16.3. The summed E-state index contributed by atoms with van der Waals surface area (Å²) in [6.45, 7) is 0.967. The minimum absolute atomic E-state index is 0.00698. The molecule has 150 valence electrons. The summed E-state index contributed by atoms with van der Waals surface area (Å²) in [5.74, 6) is -0.267. The third-order valence-corrected chi connectivity index (χ3v) is 5.42. The molecule has 0 bridgehead atoms. The third kappa shape index (κ3) is 4.49. The monoisotopic (exact) mass is 391 g/mol. The van der Waals surface area contributed by atoms with Crippen molar-refractivity contribution in [3.8, 4) is 0 Å². The highest BCUT2D eigenvalue weighted by Gasteiger charge is 2.29. The van der Waals surface area contributed by atoms with Crippen LogP contribution < -0.4 is 0 Å². The van der Waals surface area contributed by atoms with E-state index in [9.17, 15) is 14.7 Å². The van der Waals surface area contributed by atoms with Gasteiger partial charge in [0.15, 0.2) is 0 Å². The molecule has 1 fully saturated rings. The van der Waals surface area contributed by atoms with Crippen molar-refractivity contribution in [2.45, 2.75) is 18.9 Å². The molecule has 29 heavy (non-hydrogen) atoms. The number of aromatic amines is 1. The second kappa shape index (κ2) is 8.49. The van der Waals surface area contributed by atoms with Gasteiger partial charge in [-0.2, -0.15) is 0 Å². The Kier molecular flexibility index (Phi) is 5.62. The average Bonchev–Trinajstić information content (AvgIpc) is 3.07. The Morgan fingerprint density at radius 1 is 1.07 bits per heavy atom. The summed E-state index contributed by atoms with van der Waals surface area (Å²) in [6, 6.07) is 17.8. The molecule has 1 unspecified atom stereocenters. The van der Waals surface area contributed by atoms with Gasteiger partial charge < -0.3 is 19.9 Å². The number of hydrogen-bond donors (Lipinski definition) is 2. The Bertz CT molecular complexity index is 999. The molecule has 2 aromatic carbocycles. The van der Waals surface area contributed by atoms with Gasteiger partial charge in [0.25, 0.3) is 0 Å². The topological polar surface area (TPSA) is 76.6 Å². The Balaban J connectivity index is 1.41. The average molecular weight is 391 g/mol. The van der Waals surface area contributed by atoms with E-state index >= 15 is 0 Å². The molecule has 3 aromatic rings. The fourth-order valence-electron chi connectivity index (χ4n) is 3.86. The summed E-state index contributed by atoms with van der Waals surface area (Å²) >= 11 is 0. The number of para-hydroxylation sites is 1. The van der Waals surface area contributed by atoms with Gasteiger partial charge in [0.05, 0.1) is 19.1 Å². The van der Waals surface area contributed by atoms with Crippen LogP contribution in [-0.4, -0.2) is 64.0 Å². The molecule has 2 amide bonds. The smallest absolute Gasteiger partial charge is 0.242 e. The molecule has 2 heterocycles. The Morgan fingerprint density at radius 3 is 2.66 bits per heavy atom. The van der Waals surface area contributed by atoms with Gasteiger partial charge in [0, 0.05) is 36.7 Å². The number of nitrogens with one attached hydrogen (secondary N) is 1. The first kappa shape index (κ1) is 19.2. The number of aromatic nitrogens is 1. The van der Waals surface area contributed by atoms with Crippen LogP contribution in [-0.2, 0) is 22.4 Å². The molecule has 1 atom stereocenters. The van der Waals surface area contributed by atoms with Crippen molar-refractivity contribution in [3.63, 3.8) is 0 Å². The van der Waals surface area contributed by atoms with E-state index in [1.807, 2.05) is 60.8 Å². The number of carbonyl (C=O) groups excluding carboxylic acids is 2. The molecule has 0 radical (unpaired) electrons. The molecule has 0 aliphatic carbocycles. The number of hydrogen-bond acceptors (Lipinski definition) is 3. The van der Waals surface area contributed by atoms with Crippen LogP contribution in [0.4, 0.5) is 0 Å². The number of carbonyl (C=O) groups is 2. The second-order valence-corrected chi connectivity index (χ2v) is 7.54. The van der Waals surface area contributed by atoms with Gasteiger partial charge in [-0.1, -0.05) is 48.5 Å². The molecular weight excluding hydrogens is 366 g/mol. The summed E-state index contributed by atoms with van der Waals surface area (Å²) in [5, 5.41) is 11.4. The van der Waals surface area contributed by atoms with Crippen molar-refractivity contribution in [3.05, 3.63) is 71.9 Å². The van der Waals surface area contributed by atoms with Gasteiger partial charge >= 0.3 is 0 Å². The highest BCUT2D eigenvalue weighted by molar-refractivity contribution is 5.91. The van der Waals surface area contributed by atoms with Gasteiger partial charge in [-0.15, -0.1) is 0 Å². The standard InChI is InChI=1S/C23H25N3O3/c27-19-14-25(11-10-17-6-2-1-3-7-17)23(29)16-26(15-19)22(28)12-18-13-24-21-9-5-4-8-20(18)21/h1-9,13,19,24,27H,10-12,14-16H2. The molecule has 1 saturated heterocycles. The zero-order valence-corrected chi connectivity index (χ0v) is 16.3. The quantitative estimate of drug-likeness (QED) is 0.698. The lowest BCUT2D eigenvalue weighted by Crippen LogP contribution is -2.40. The van der Waals surface area contributed by atoms with E-state index in [0.717, 1.165) is 28.5 Å². The first-order chi connectivity index (χ1) is 14.1. The molecule has 4 rings (SSSR count). The number of H-pyrrole nitrogens is 1. The molecule has 1 aliphatic rings. The number of aliphatic hydroxyl groups is 1. The summed E-state index contributed by atoms with van der Waals surface area (Å²) in [7, 11) is 0. The van der Waals surface area contributed by atoms with Crippen LogP contribution in [0.15, 0.2) is 60.8 Å². The predicted octanol–water partition coefficient (Wildman–Crippen LogP) is 1.98. The predicted molar refractivity (Wildman–Crippen MR) is 111 cm³/mol. The summed E-state index contributed by atoms with van der Waals surface area (Å²) in [5.41, 5.74) is 3.03. The van der Waals surface area contributed by atoms with Crippen molar-refractivity contribution < 1.29 is 14.7 Å². The van der Waals surface area contributed by atoms with Crippen LogP contribution in [0.3, 0.4) is 0 Å². The van der Waals surface area contributed by atoms with Gasteiger partial charge in [-0.05, 0) is 23.6 Å². The van der Waals surface area contributed by atoms with Crippen molar-refractivity contribution in [2.75, 3.05) is 26.2 Å². The summed E-state index contributed by atoms with van der Waals surface area (Å²) in [6.07, 6.45) is 2.02. The van der Waals surface area contributed by atoms with Crippen molar-refractivity contribution >= 4 is 22.7 Å². The van der Waals surface area contributed by atoms with Crippen LogP contribution in [0.1, 0.15) is 11.1 Å². The van der Waals surface area contributed by atoms with Gasteiger partial charge in [-0.3, -0.25) is 9.59 Å². The van der Waals surface area contributed by atoms with E-state index in [2.05, 4.69) is 4.98 Å². The number of amides is 2. The fraction of sp³-hybridized carbons (Fsp3) is 0.304. The lowest BCUT2D eigenvalue weighted by molar-refractivity contribution is -0.138. The Morgan fingerprint density at radius 2 is 1.83 bits per heavy atom. The van der Waals surface area contributed by atoms with Crippen LogP contribution in [0.2, 0.25) is 0 Å². The lowest BCUT2D eigenvalue weighted by Gasteiger charge is -2.22. The Labute approximate surface area is 169 Å². The van der Waals surface area contributed by atoms with Crippen molar-refractivity contribution in [1.29, 1.82) is 0 Å². The Hall–Kier alpha value is -3.12. The number of nitrogens with zero attached hydrogens (tertiary/aromatic N) is 2. The van der Waals surface area contributed by atoms with Crippen LogP contribution in [0.25, 0.3) is 10.9 Å². The van der Waals surface area contributed by atoms with E-state index in [1.54, 1.807) is 4.90 Å². The molecule has 6 nitrogen and oxygen atoms in total. The van der Waals surface area contributed by atoms with Crippen molar-refractivity contribution in [1.82, 2.24) is 14.8 Å². The molecule has 0 saturated carbocycles. The van der Waals surface area contributed by atoms with Crippen LogP contribution in [0, 0.1) is 0 Å². The van der Waals surface area contributed by atoms with Crippen LogP contribution >= 0.6 is 0 Å². The number of aliphatic hydroxyl groups excluding tert-OH is 1. The molecule has 0 spiro atoms. The second-order valence-electron chi connectivity index (χ2n) is 7.54. The first-order valence-corrected chi connectivity index (χ1v) is 9.92. The normalized spacial score (nSPS) is 17.6. The summed E-state index contributed by atoms with van der Waals surface area (Å²) in [4.78, 5) is 31.9. The largest absolute Gasteiger partial charge is 0.389 e. The van der Waals surface area contributed by atoms with Crippen molar-refractivity contribution in [2.24, 2.45) is 0 Å². The number of benzene rings is 2. The third-order valence-electron chi connectivity index (χ3n) is 5.42. The highest BCUT2D eigenvalue weighted by Crippen LogP contribution is 2.19. The maximum absolute atomic E-state index is 12.9. The maximum atomic E-state index is 12.9.